The van der Waals surface area contributed by atoms with E-state index < -0.39 is 14.6 Å². The first-order valence-electron chi connectivity index (χ1n) is 10.1. The Morgan fingerprint density at radius 3 is 2.31 bits per heavy atom. The first-order chi connectivity index (χ1) is 13.4. The molecule has 0 bridgehead atoms. The van der Waals surface area contributed by atoms with Gasteiger partial charge in [-0.1, -0.05) is 36.4 Å². The van der Waals surface area contributed by atoms with Crippen molar-refractivity contribution in [1.29, 1.82) is 0 Å². The van der Waals surface area contributed by atoms with Gasteiger partial charge in [-0.3, -0.25) is 0 Å². The molecule has 0 amide bonds. The second-order valence-corrected chi connectivity index (χ2v) is 12.1. The highest BCUT2D eigenvalue weighted by molar-refractivity contribution is 8.00. The summed E-state index contributed by atoms with van der Waals surface area (Å²) in [4.78, 5) is 4.27. The molecule has 2 aromatic carbocycles. The molecule has 1 atom stereocenters. The van der Waals surface area contributed by atoms with Crippen molar-refractivity contribution in [3.05, 3.63) is 60.7 Å². The fourth-order valence-corrected chi connectivity index (χ4v) is 6.62. The second kappa shape index (κ2) is 10.9. The third-order valence-electron chi connectivity index (χ3n) is 5.54. The van der Waals surface area contributed by atoms with Gasteiger partial charge in [0.25, 0.3) is 0 Å². The highest BCUT2D eigenvalue weighted by Crippen LogP contribution is 2.31. The number of rotatable bonds is 8. The molecule has 2 aromatic rings. The summed E-state index contributed by atoms with van der Waals surface area (Å²) in [5.74, 6) is 0. The molecular formula is C23H32ClNO2S2. The van der Waals surface area contributed by atoms with Crippen LogP contribution in [0.2, 0.25) is 0 Å². The van der Waals surface area contributed by atoms with Crippen molar-refractivity contribution in [2.45, 2.75) is 59.3 Å². The van der Waals surface area contributed by atoms with Crippen LogP contribution in [0.1, 0.15) is 39.5 Å². The summed E-state index contributed by atoms with van der Waals surface area (Å²) >= 11 is 1.97. The van der Waals surface area contributed by atoms with Crippen molar-refractivity contribution in [2.24, 2.45) is 0 Å². The minimum atomic E-state index is -3.32. The Morgan fingerprint density at radius 2 is 1.66 bits per heavy atom. The predicted octanol–water partition coefficient (Wildman–Crippen LogP) is 5.70. The average Bonchev–Trinajstić information content (AvgIpc) is 2.69. The fraction of sp³-hybridized carbons (Fsp3) is 0.478. The lowest BCUT2D eigenvalue weighted by molar-refractivity contribution is 0.227. The van der Waals surface area contributed by atoms with Crippen LogP contribution in [-0.4, -0.2) is 42.9 Å². The summed E-state index contributed by atoms with van der Waals surface area (Å²) in [7, 11) is -3.32. The maximum absolute atomic E-state index is 13.0. The van der Waals surface area contributed by atoms with Crippen molar-refractivity contribution in [3.8, 4) is 0 Å². The molecule has 1 heterocycles. The van der Waals surface area contributed by atoms with Crippen molar-refractivity contribution in [2.75, 3.05) is 19.6 Å². The van der Waals surface area contributed by atoms with Gasteiger partial charge in [-0.15, -0.1) is 24.2 Å². The van der Waals surface area contributed by atoms with Crippen LogP contribution in [0.25, 0.3) is 0 Å². The Hall–Kier alpha value is -1.01. The third-order valence-corrected chi connectivity index (χ3v) is 9.36. The number of hydrogen-bond acceptors (Lipinski definition) is 4. The Bertz CT molecular complexity index is 842. The molecule has 0 radical (unpaired) electrons. The van der Waals surface area contributed by atoms with E-state index in [1.807, 2.05) is 31.7 Å². The summed E-state index contributed by atoms with van der Waals surface area (Å²) < 4.78 is 25.2. The number of benzene rings is 2. The van der Waals surface area contributed by atoms with Gasteiger partial charge < -0.3 is 4.90 Å². The molecule has 1 fully saturated rings. The Labute approximate surface area is 186 Å². The second-order valence-electron chi connectivity index (χ2n) is 8.18. The number of halogens is 1. The van der Waals surface area contributed by atoms with Crippen molar-refractivity contribution < 1.29 is 8.42 Å². The number of sulfone groups is 1. The third kappa shape index (κ3) is 6.48. The van der Waals surface area contributed by atoms with Gasteiger partial charge in [-0.25, -0.2) is 8.42 Å². The lowest BCUT2D eigenvalue weighted by atomic mass is 10.1. The van der Waals surface area contributed by atoms with Crippen LogP contribution in [-0.2, 0) is 9.84 Å². The molecule has 0 spiro atoms. The van der Waals surface area contributed by atoms with E-state index in [1.54, 1.807) is 24.3 Å². The number of hydrogen-bond donors (Lipinski definition) is 0. The van der Waals surface area contributed by atoms with Crippen molar-refractivity contribution in [3.63, 3.8) is 0 Å². The molecule has 1 saturated heterocycles. The molecule has 3 nitrogen and oxygen atoms in total. The lowest BCUT2D eigenvalue weighted by Crippen LogP contribution is -2.39. The zero-order valence-corrected chi connectivity index (χ0v) is 19.7. The van der Waals surface area contributed by atoms with Gasteiger partial charge in [-0.05, 0) is 76.9 Å². The Balaban J connectivity index is 0.00000300. The monoisotopic (exact) mass is 453 g/mol. The predicted molar refractivity (Wildman–Crippen MR) is 126 cm³/mol. The van der Waals surface area contributed by atoms with Crippen LogP contribution in [0.15, 0.2) is 70.5 Å². The molecule has 29 heavy (non-hydrogen) atoms. The molecule has 0 saturated carbocycles. The topological polar surface area (TPSA) is 37.4 Å². The van der Waals surface area contributed by atoms with E-state index in [0.29, 0.717) is 16.6 Å². The molecule has 3 rings (SSSR count). The van der Waals surface area contributed by atoms with E-state index in [1.165, 1.54) is 17.7 Å². The van der Waals surface area contributed by atoms with E-state index in [-0.39, 0.29) is 12.4 Å². The number of likely N-dealkylation sites (tertiary alicyclic amines) is 1. The van der Waals surface area contributed by atoms with Crippen LogP contribution < -0.4 is 0 Å². The molecular weight excluding hydrogens is 422 g/mol. The largest absolute Gasteiger partial charge is 0.302 e. The van der Waals surface area contributed by atoms with Crippen LogP contribution in [0, 0.1) is 0 Å². The van der Waals surface area contributed by atoms with Gasteiger partial charge in [0, 0.05) is 16.7 Å². The molecule has 160 valence electrons. The van der Waals surface area contributed by atoms with Gasteiger partial charge >= 0.3 is 0 Å². The quantitative estimate of drug-likeness (QED) is 0.513. The minimum absolute atomic E-state index is 0. The van der Waals surface area contributed by atoms with Crippen molar-refractivity contribution in [1.82, 2.24) is 4.90 Å². The molecule has 0 aliphatic carbocycles. The smallest absolute Gasteiger partial charge is 0.183 e. The van der Waals surface area contributed by atoms with E-state index in [9.17, 15) is 8.42 Å². The number of nitrogens with zero attached hydrogens (tertiary/aromatic N) is 1. The molecule has 1 aliphatic rings. The van der Waals surface area contributed by atoms with Gasteiger partial charge in [0.2, 0.25) is 0 Å². The molecule has 1 aliphatic heterocycles. The summed E-state index contributed by atoms with van der Waals surface area (Å²) in [5.41, 5.74) is 0. The van der Waals surface area contributed by atoms with Crippen LogP contribution in [0.4, 0.5) is 0 Å². The summed E-state index contributed by atoms with van der Waals surface area (Å²) in [5, 5.41) is 0.622. The molecule has 0 N–H and O–H groups in total. The van der Waals surface area contributed by atoms with E-state index in [4.69, 9.17) is 0 Å². The van der Waals surface area contributed by atoms with E-state index in [2.05, 4.69) is 35.2 Å². The van der Waals surface area contributed by atoms with E-state index >= 15 is 0 Å². The highest BCUT2D eigenvalue weighted by atomic mass is 35.5. The van der Waals surface area contributed by atoms with Crippen LogP contribution in [0.3, 0.4) is 0 Å². The van der Waals surface area contributed by atoms with Crippen LogP contribution in [0.5, 0.6) is 0 Å². The zero-order valence-electron chi connectivity index (χ0n) is 17.3. The maximum atomic E-state index is 13.0. The van der Waals surface area contributed by atoms with Crippen molar-refractivity contribution >= 4 is 34.0 Å². The fourth-order valence-electron chi connectivity index (χ4n) is 3.79. The van der Waals surface area contributed by atoms with Crippen LogP contribution >= 0.6 is 24.2 Å². The summed E-state index contributed by atoms with van der Waals surface area (Å²) in [6, 6.07) is 19.5. The minimum Gasteiger partial charge on any atom is -0.302 e. The van der Waals surface area contributed by atoms with Gasteiger partial charge in [-0.2, -0.15) is 0 Å². The number of thioether (sulfide) groups is 1. The van der Waals surface area contributed by atoms with E-state index in [0.717, 1.165) is 26.1 Å². The number of piperidine rings is 1. The SMILES string of the molecule is CC(C)(CCCN1CCCC(Sc2ccccc2)C1)S(=O)(=O)c1ccccc1.Cl. The molecule has 1 unspecified atom stereocenters. The zero-order chi connectivity index (χ0) is 20.0. The molecule has 6 heteroatoms. The lowest BCUT2D eigenvalue weighted by Gasteiger charge is -2.33. The Morgan fingerprint density at radius 1 is 1.03 bits per heavy atom. The summed E-state index contributed by atoms with van der Waals surface area (Å²) in [6.07, 6.45) is 4.05. The Kier molecular flexibility index (Phi) is 9.08. The first-order valence-corrected chi connectivity index (χ1v) is 12.5. The first kappa shape index (κ1) is 24.3. The molecule has 0 aromatic heterocycles. The van der Waals surface area contributed by atoms with Gasteiger partial charge in [0.1, 0.15) is 0 Å². The standard InChI is InChI=1S/C23H31NO2S2.ClH/c1-23(2,28(25,26)22-14-7-4-8-15-22)16-10-18-24-17-9-13-21(19-24)27-20-11-5-3-6-12-20;/h3-8,11-12,14-15,21H,9-10,13,16-19H2,1-2H3;1H. The maximum Gasteiger partial charge on any atom is 0.183 e. The van der Waals surface area contributed by atoms with Gasteiger partial charge in [0.15, 0.2) is 9.84 Å². The highest BCUT2D eigenvalue weighted by Gasteiger charge is 2.35. The normalized spacial score (nSPS) is 18.2. The van der Waals surface area contributed by atoms with Gasteiger partial charge in [0.05, 0.1) is 9.64 Å². The average molecular weight is 454 g/mol. The summed E-state index contributed by atoms with van der Waals surface area (Å²) in [6.45, 7) is 6.90.